The van der Waals surface area contributed by atoms with Crippen LogP contribution in [0, 0.1) is 5.41 Å². The summed E-state index contributed by atoms with van der Waals surface area (Å²) in [6.07, 6.45) is 6.22. The Balaban J connectivity index is 1.09. The van der Waals surface area contributed by atoms with Crippen molar-refractivity contribution in [1.82, 2.24) is 5.43 Å². The lowest BCUT2D eigenvalue weighted by Gasteiger charge is -2.27. The maximum Gasteiger partial charge on any atom is 0.117 e. The van der Waals surface area contributed by atoms with Crippen molar-refractivity contribution in [2.24, 2.45) is 5.10 Å². The third-order valence-electron chi connectivity index (χ3n) is 10.5. The van der Waals surface area contributed by atoms with Crippen LogP contribution in [-0.4, -0.2) is 17.5 Å². The van der Waals surface area contributed by atoms with Crippen LogP contribution in [0.4, 0.5) is 39.8 Å². The summed E-state index contributed by atoms with van der Waals surface area (Å²) in [5.41, 5.74) is 16.8. The first-order valence-corrected chi connectivity index (χ1v) is 20.0. The lowest BCUT2D eigenvalue weighted by atomic mass is 9.86. The zero-order valence-electron chi connectivity index (χ0n) is 32.4. The third-order valence-corrected chi connectivity index (χ3v) is 10.7. The van der Waals surface area contributed by atoms with Crippen LogP contribution in [0.25, 0.3) is 16.8 Å². The van der Waals surface area contributed by atoms with Gasteiger partial charge in [-0.2, -0.15) is 5.10 Å². The first-order valence-electron chi connectivity index (χ1n) is 19.7. The monoisotopic (exact) mass is 784 g/mol. The summed E-state index contributed by atoms with van der Waals surface area (Å²) in [7, 11) is 0. The fourth-order valence-electron chi connectivity index (χ4n) is 7.67. The Bertz CT molecular complexity index is 2650. The van der Waals surface area contributed by atoms with Crippen molar-refractivity contribution >= 4 is 79.7 Å². The maximum atomic E-state index is 9.74. The van der Waals surface area contributed by atoms with E-state index in [1.165, 1.54) is 0 Å². The molecule has 7 heteroatoms. The smallest absolute Gasteiger partial charge is 0.117 e. The number of fused-ring (bicyclic) bond motifs is 1. The standard InChI is InChI=1S/C52H41ClN6/c1-36-34-50(48-31-26-39(53)35-49(48)55-36)56-57-52-47(38-24-29-45(30-25-38)59(42-18-10-4-11-19-42)43-20-12-5-13-21-43)33-32-46(51(52)54)37-22-27-44(28-23-37)58(40-14-6-2-7-15-40)41-16-8-3-9-17-41/h2-36,54-56H,1H3/b54-51?,57-52-. The van der Waals surface area contributed by atoms with Crippen LogP contribution < -0.4 is 20.5 Å². The minimum Gasteiger partial charge on any atom is -0.378 e. The Morgan fingerprint density at radius 3 is 1.44 bits per heavy atom. The molecule has 7 aromatic rings. The number of para-hydroxylation sites is 4. The van der Waals surface area contributed by atoms with Crippen LogP contribution in [0.1, 0.15) is 23.6 Å². The highest BCUT2D eigenvalue weighted by Crippen LogP contribution is 2.38. The quantitative estimate of drug-likeness (QED) is 0.0954. The van der Waals surface area contributed by atoms with Gasteiger partial charge in [0.2, 0.25) is 0 Å². The van der Waals surface area contributed by atoms with Gasteiger partial charge in [0.1, 0.15) is 5.71 Å². The minimum atomic E-state index is 0.0505. The molecule has 2 aliphatic rings. The molecule has 1 aliphatic carbocycles. The molecule has 3 N–H and O–H groups in total. The summed E-state index contributed by atoms with van der Waals surface area (Å²) in [5.74, 6) is 0. The van der Waals surface area contributed by atoms with Gasteiger partial charge in [0.25, 0.3) is 0 Å². The van der Waals surface area contributed by atoms with E-state index in [0.29, 0.717) is 16.4 Å². The highest BCUT2D eigenvalue weighted by molar-refractivity contribution is 6.69. The molecule has 0 saturated heterocycles. The molecular formula is C52H41ClN6. The molecule has 1 heterocycles. The summed E-state index contributed by atoms with van der Waals surface area (Å²) in [6.45, 7) is 2.09. The summed E-state index contributed by atoms with van der Waals surface area (Å²) >= 11 is 6.39. The van der Waals surface area contributed by atoms with Crippen LogP contribution in [0.2, 0.25) is 5.02 Å². The topological polar surface area (TPSA) is 66.8 Å². The lowest BCUT2D eigenvalue weighted by molar-refractivity contribution is 0.928. The molecule has 0 radical (unpaired) electrons. The van der Waals surface area contributed by atoms with E-state index in [1.807, 2.05) is 48.5 Å². The van der Waals surface area contributed by atoms with Crippen molar-refractivity contribution in [3.8, 4) is 0 Å². The lowest BCUT2D eigenvalue weighted by Crippen LogP contribution is -2.25. The Morgan fingerprint density at radius 2 is 0.966 bits per heavy atom. The zero-order valence-corrected chi connectivity index (χ0v) is 33.2. The molecule has 1 atom stereocenters. The minimum absolute atomic E-state index is 0.0505. The van der Waals surface area contributed by atoms with E-state index < -0.39 is 0 Å². The van der Waals surface area contributed by atoms with Crippen LogP contribution in [-0.2, 0) is 0 Å². The summed E-state index contributed by atoms with van der Waals surface area (Å²) in [4.78, 5) is 4.47. The first kappa shape index (κ1) is 37.2. The Labute approximate surface area is 350 Å². The molecule has 0 bridgehead atoms. The summed E-state index contributed by atoms with van der Waals surface area (Å²) in [5, 5.41) is 18.9. The van der Waals surface area contributed by atoms with Gasteiger partial charge in [-0.3, -0.25) is 10.8 Å². The molecule has 0 saturated carbocycles. The molecule has 1 unspecified atom stereocenters. The molecule has 286 valence electrons. The average Bonchev–Trinajstić information content (AvgIpc) is 3.28. The fraction of sp³-hybridized carbons (Fsp3) is 0.0385. The highest BCUT2D eigenvalue weighted by atomic mass is 35.5. The van der Waals surface area contributed by atoms with Crippen LogP contribution in [0.3, 0.4) is 0 Å². The molecule has 0 spiro atoms. The van der Waals surface area contributed by atoms with Crippen molar-refractivity contribution in [2.45, 2.75) is 13.0 Å². The van der Waals surface area contributed by atoms with Crippen LogP contribution in [0.15, 0.2) is 211 Å². The number of hydrogen-bond donors (Lipinski definition) is 3. The van der Waals surface area contributed by atoms with E-state index in [-0.39, 0.29) is 6.04 Å². The Kier molecular flexibility index (Phi) is 10.5. The third kappa shape index (κ3) is 7.82. The molecule has 0 aromatic heterocycles. The maximum absolute atomic E-state index is 9.74. The molecule has 6 nitrogen and oxygen atoms in total. The Morgan fingerprint density at radius 1 is 0.542 bits per heavy atom. The predicted octanol–water partition coefficient (Wildman–Crippen LogP) is 13.6. The number of halogens is 1. The molecule has 0 amide bonds. The highest BCUT2D eigenvalue weighted by Gasteiger charge is 2.25. The Hall–Kier alpha value is -7.41. The van der Waals surface area contributed by atoms with Gasteiger partial charge in [-0.05, 0) is 115 Å². The van der Waals surface area contributed by atoms with Crippen molar-refractivity contribution in [1.29, 1.82) is 5.41 Å². The van der Waals surface area contributed by atoms with Gasteiger partial charge in [-0.15, -0.1) is 0 Å². The van der Waals surface area contributed by atoms with Gasteiger partial charge in [0, 0.05) is 67.6 Å². The van der Waals surface area contributed by atoms with Crippen LogP contribution >= 0.6 is 11.6 Å². The van der Waals surface area contributed by atoms with E-state index in [4.69, 9.17) is 16.7 Å². The number of allylic oxidation sites excluding steroid dienone is 4. The number of benzene rings is 7. The van der Waals surface area contributed by atoms with Crippen LogP contribution in [0.5, 0.6) is 0 Å². The van der Waals surface area contributed by atoms with Gasteiger partial charge in [-0.25, -0.2) is 0 Å². The summed E-state index contributed by atoms with van der Waals surface area (Å²) < 4.78 is 0. The van der Waals surface area contributed by atoms with Gasteiger partial charge < -0.3 is 15.1 Å². The molecule has 1 aliphatic heterocycles. The number of nitrogens with zero attached hydrogens (tertiary/aromatic N) is 3. The number of rotatable bonds is 10. The zero-order chi connectivity index (χ0) is 40.1. The second kappa shape index (κ2) is 16.6. The fourth-order valence-corrected chi connectivity index (χ4v) is 7.85. The van der Waals surface area contributed by atoms with Crippen molar-refractivity contribution in [3.63, 3.8) is 0 Å². The normalized spacial score (nSPS) is 15.3. The first-order chi connectivity index (χ1) is 29.0. The van der Waals surface area contributed by atoms with Gasteiger partial charge in [-0.1, -0.05) is 121 Å². The van der Waals surface area contributed by atoms with E-state index in [0.717, 1.165) is 73.3 Å². The van der Waals surface area contributed by atoms with Gasteiger partial charge >= 0.3 is 0 Å². The second-order valence-corrected chi connectivity index (χ2v) is 14.9. The second-order valence-electron chi connectivity index (χ2n) is 14.4. The predicted molar refractivity (Wildman–Crippen MR) is 249 cm³/mol. The summed E-state index contributed by atoms with van der Waals surface area (Å²) in [6, 6.07) is 64.2. The van der Waals surface area contributed by atoms with Crippen molar-refractivity contribution in [3.05, 3.63) is 228 Å². The molecular weight excluding hydrogens is 744 g/mol. The molecule has 9 rings (SSSR count). The van der Waals surface area contributed by atoms with Crippen molar-refractivity contribution in [2.75, 3.05) is 15.1 Å². The molecule has 7 aromatic carbocycles. The number of hydrogen-bond acceptors (Lipinski definition) is 6. The van der Waals surface area contributed by atoms with E-state index >= 15 is 0 Å². The number of nitrogens with one attached hydrogen (secondary N) is 3. The van der Waals surface area contributed by atoms with E-state index in [9.17, 15) is 5.41 Å². The molecule has 0 fully saturated rings. The van der Waals surface area contributed by atoms with E-state index in [2.05, 4.69) is 185 Å². The molecule has 59 heavy (non-hydrogen) atoms. The largest absolute Gasteiger partial charge is 0.378 e. The van der Waals surface area contributed by atoms with Gasteiger partial charge in [0.05, 0.1) is 11.4 Å². The van der Waals surface area contributed by atoms with E-state index in [1.54, 1.807) is 0 Å². The van der Waals surface area contributed by atoms with Gasteiger partial charge in [0.15, 0.2) is 0 Å². The van der Waals surface area contributed by atoms with Crippen molar-refractivity contribution < 1.29 is 0 Å². The number of anilines is 7. The average molecular weight is 785 g/mol. The SMILES string of the molecule is CC1C=C(N/N=C2\C(=N)C(c3ccc(N(c4ccccc4)c4ccccc4)cc3)=CC=C2c2ccc(N(c3ccccc3)c3ccccc3)cc2)c2ccc(Cl)cc2N1. The number of hydrazone groups is 1.